The number of benzene rings is 1. The van der Waals surface area contributed by atoms with Crippen molar-refractivity contribution in [2.24, 2.45) is 5.92 Å². The molecular formula is C27H35N7O2. The number of ether oxygens (including phenoxy) is 1. The van der Waals surface area contributed by atoms with Crippen LogP contribution in [-0.2, 0) is 4.79 Å². The number of hydrogen-bond donors (Lipinski definition) is 3. The van der Waals surface area contributed by atoms with Gasteiger partial charge in [-0.3, -0.25) is 9.89 Å². The third-order valence-corrected chi connectivity index (χ3v) is 7.16. The summed E-state index contributed by atoms with van der Waals surface area (Å²) in [6.07, 6.45) is 17.3. The van der Waals surface area contributed by atoms with E-state index in [2.05, 4.69) is 35.8 Å². The Hall–Kier alpha value is -3.49. The molecule has 2 aliphatic rings. The van der Waals surface area contributed by atoms with Crippen LogP contribution in [0.1, 0.15) is 82.2 Å². The molecule has 1 fully saturated rings. The average molecular weight is 490 g/mol. The van der Waals surface area contributed by atoms with Gasteiger partial charge in [-0.25, -0.2) is 9.97 Å². The molecule has 1 saturated carbocycles. The van der Waals surface area contributed by atoms with Crippen LogP contribution in [0.5, 0.6) is 5.75 Å². The molecule has 3 N–H and O–H groups in total. The minimum absolute atomic E-state index is 0.0452. The SMILES string of the molecule is O=C(NC1CCCOc2cc(-c3ncnc(Nc4cn[nH]c4)n3)ccc21)C1CCCCCCCCC1. The van der Waals surface area contributed by atoms with E-state index in [9.17, 15) is 4.79 Å². The maximum atomic E-state index is 13.3. The van der Waals surface area contributed by atoms with Crippen LogP contribution in [0.4, 0.5) is 11.6 Å². The summed E-state index contributed by atoms with van der Waals surface area (Å²) in [7, 11) is 0. The van der Waals surface area contributed by atoms with Crippen molar-refractivity contribution in [2.75, 3.05) is 11.9 Å². The van der Waals surface area contributed by atoms with Crippen LogP contribution < -0.4 is 15.4 Å². The molecule has 9 nitrogen and oxygen atoms in total. The molecule has 1 unspecified atom stereocenters. The predicted molar refractivity (Wildman–Crippen MR) is 138 cm³/mol. The molecule has 190 valence electrons. The zero-order valence-electron chi connectivity index (χ0n) is 20.7. The fraction of sp³-hybridized carbons (Fsp3) is 0.519. The Labute approximate surface area is 211 Å². The molecule has 1 aliphatic carbocycles. The molecule has 3 heterocycles. The van der Waals surface area contributed by atoms with Gasteiger partial charge in [-0.1, -0.05) is 57.1 Å². The Bertz CT molecular complexity index is 1120. The standard InChI is InChI=1S/C27H35N7O2/c35-26(19-9-6-4-2-1-3-5-7-10-19)33-23-11-8-14-36-24-15-20(12-13-22(23)24)25-28-18-29-27(34-25)32-21-16-30-31-17-21/h12-13,15-19,23H,1-11,14H2,(H,30,31)(H,33,35)(H,28,29,32,34). The molecule has 0 bridgehead atoms. The van der Waals surface area contributed by atoms with Crippen molar-refractivity contribution in [2.45, 2.75) is 76.7 Å². The summed E-state index contributed by atoms with van der Waals surface area (Å²) in [4.78, 5) is 26.4. The Morgan fingerprint density at radius 1 is 0.972 bits per heavy atom. The number of aromatic nitrogens is 5. The molecule has 5 rings (SSSR count). The molecule has 0 spiro atoms. The zero-order valence-corrected chi connectivity index (χ0v) is 20.7. The summed E-state index contributed by atoms with van der Waals surface area (Å²) < 4.78 is 6.10. The first-order valence-corrected chi connectivity index (χ1v) is 13.3. The number of H-pyrrole nitrogens is 1. The topological polar surface area (TPSA) is 118 Å². The van der Waals surface area contributed by atoms with Crippen LogP contribution in [0.15, 0.2) is 36.9 Å². The number of amides is 1. The van der Waals surface area contributed by atoms with E-state index in [1.165, 1.54) is 38.4 Å². The second-order valence-corrected chi connectivity index (χ2v) is 9.80. The van der Waals surface area contributed by atoms with Crippen molar-refractivity contribution in [1.82, 2.24) is 30.5 Å². The Morgan fingerprint density at radius 3 is 2.56 bits per heavy atom. The van der Waals surface area contributed by atoms with Gasteiger partial charge in [0.15, 0.2) is 5.82 Å². The van der Waals surface area contributed by atoms with Crippen molar-refractivity contribution in [3.05, 3.63) is 42.5 Å². The van der Waals surface area contributed by atoms with Crippen LogP contribution in [0.25, 0.3) is 11.4 Å². The molecule has 0 radical (unpaired) electrons. The minimum atomic E-state index is -0.0452. The molecule has 2 aromatic heterocycles. The fourth-order valence-corrected chi connectivity index (χ4v) is 5.17. The number of carbonyl (C=O) groups is 1. The second kappa shape index (κ2) is 12.0. The third kappa shape index (κ3) is 6.19. The Balaban J connectivity index is 1.31. The van der Waals surface area contributed by atoms with Crippen LogP contribution in [0, 0.1) is 5.92 Å². The number of nitrogens with zero attached hydrogens (tertiary/aromatic N) is 4. The van der Waals surface area contributed by atoms with Gasteiger partial charge in [0.2, 0.25) is 11.9 Å². The molecule has 1 aromatic carbocycles. The number of nitrogens with one attached hydrogen (secondary N) is 3. The summed E-state index contributed by atoms with van der Waals surface area (Å²) in [6, 6.07) is 5.96. The smallest absolute Gasteiger partial charge is 0.230 e. The van der Waals surface area contributed by atoms with Crippen LogP contribution in [0.3, 0.4) is 0 Å². The number of hydrogen-bond acceptors (Lipinski definition) is 7. The van der Waals surface area contributed by atoms with Crippen molar-refractivity contribution < 1.29 is 9.53 Å². The van der Waals surface area contributed by atoms with Crippen molar-refractivity contribution in [3.63, 3.8) is 0 Å². The van der Waals surface area contributed by atoms with Gasteiger partial charge in [0.05, 0.1) is 24.5 Å². The van der Waals surface area contributed by atoms with Gasteiger partial charge in [-0.15, -0.1) is 0 Å². The lowest BCUT2D eigenvalue weighted by molar-refractivity contribution is -0.126. The number of rotatable bonds is 5. The van der Waals surface area contributed by atoms with Crippen molar-refractivity contribution in [3.8, 4) is 17.1 Å². The maximum absolute atomic E-state index is 13.3. The first kappa shape index (κ1) is 24.2. The highest BCUT2D eigenvalue weighted by molar-refractivity contribution is 5.79. The van der Waals surface area contributed by atoms with E-state index in [0.29, 0.717) is 18.4 Å². The maximum Gasteiger partial charge on any atom is 0.230 e. The summed E-state index contributed by atoms with van der Waals surface area (Å²) in [5.41, 5.74) is 2.63. The van der Waals surface area contributed by atoms with E-state index in [-0.39, 0.29) is 17.9 Å². The van der Waals surface area contributed by atoms with E-state index < -0.39 is 0 Å². The van der Waals surface area contributed by atoms with Gasteiger partial charge >= 0.3 is 0 Å². The van der Waals surface area contributed by atoms with Crippen molar-refractivity contribution >= 4 is 17.5 Å². The van der Waals surface area contributed by atoms with Crippen molar-refractivity contribution in [1.29, 1.82) is 0 Å². The lowest BCUT2D eigenvalue weighted by Crippen LogP contribution is -2.34. The monoisotopic (exact) mass is 489 g/mol. The normalized spacial score (nSPS) is 19.4. The zero-order chi connectivity index (χ0) is 24.6. The number of carbonyl (C=O) groups excluding carboxylic acids is 1. The van der Waals surface area contributed by atoms with E-state index in [4.69, 9.17) is 4.74 Å². The number of fused-ring (bicyclic) bond motifs is 1. The number of aromatic amines is 1. The molecule has 1 aliphatic heterocycles. The van der Waals surface area contributed by atoms with Gasteiger partial charge < -0.3 is 15.4 Å². The fourth-order valence-electron chi connectivity index (χ4n) is 5.17. The molecule has 1 atom stereocenters. The third-order valence-electron chi connectivity index (χ3n) is 7.16. The average Bonchev–Trinajstić information content (AvgIpc) is 3.33. The molecule has 36 heavy (non-hydrogen) atoms. The summed E-state index contributed by atoms with van der Waals surface area (Å²) >= 11 is 0. The Morgan fingerprint density at radius 2 is 1.78 bits per heavy atom. The number of anilines is 2. The highest BCUT2D eigenvalue weighted by Crippen LogP contribution is 2.35. The first-order valence-electron chi connectivity index (χ1n) is 13.3. The van der Waals surface area contributed by atoms with Crippen LogP contribution >= 0.6 is 0 Å². The minimum Gasteiger partial charge on any atom is -0.493 e. The molecule has 1 amide bonds. The van der Waals surface area contributed by atoms with Crippen LogP contribution in [-0.4, -0.2) is 37.7 Å². The highest BCUT2D eigenvalue weighted by Gasteiger charge is 2.26. The quantitative estimate of drug-likeness (QED) is 0.434. The second-order valence-electron chi connectivity index (χ2n) is 9.80. The van der Waals surface area contributed by atoms with Crippen LogP contribution in [0.2, 0.25) is 0 Å². The van der Waals surface area contributed by atoms with E-state index in [1.807, 2.05) is 18.2 Å². The van der Waals surface area contributed by atoms with Gasteiger partial charge in [-0.05, 0) is 31.7 Å². The van der Waals surface area contributed by atoms with Gasteiger partial charge in [0, 0.05) is 23.2 Å². The van der Waals surface area contributed by atoms with E-state index in [0.717, 1.165) is 61.1 Å². The van der Waals surface area contributed by atoms with E-state index in [1.54, 1.807) is 12.4 Å². The highest BCUT2D eigenvalue weighted by atomic mass is 16.5. The molecule has 0 saturated heterocycles. The molecular weight excluding hydrogens is 454 g/mol. The predicted octanol–water partition coefficient (Wildman–Crippen LogP) is 5.48. The summed E-state index contributed by atoms with van der Waals surface area (Å²) in [5.74, 6) is 2.08. The van der Waals surface area contributed by atoms with E-state index >= 15 is 0 Å². The molecule has 9 heteroatoms. The first-order chi connectivity index (χ1) is 17.8. The lowest BCUT2D eigenvalue weighted by Gasteiger charge is -2.23. The Kier molecular flexibility index (Phi) is 8.05. The molecule has 3 aromatic rings. The van der Waals surface area contributed by atoms with Gasteiger partial charge in [0.25, 0.3) is 0 Å². The largest absolute Gasteiger partial charge is 0.493 e. The summed E-state index contributed by atoms with van der Waals surface area (Å²) in [6.45, 7) is 0.622. The van der Waals surface area contributed by atoms with Gasteiger partial charge in [-0.2, -0.15) is 10.1 Å². The lowest BCUT2D eigenvalue weighted by atomic mass is 9.91. The van der Waals surface area contributed by atoms with Gasteiger partial charge in [0.1, 0.15) is 12.1 Å². The summed E-state index contributed by atoms with van der Waals surface area (Å²) in [5, 5.41) is 13.2.